The maximum Gasteiger partial charge on any atom is 0.326 e. The van der Waals surface area contributed by atoms with Gasteiger partial charge in [0.05, 0.1) is 10.9 Å². The van der Waals surface area contributed by atoms with E-state index in [1.807, 2.05) is 0 Å². The highest BCUT2D eigenvalue weighted by molar-refractivity contribution is 6.20. The van der Waals surface area contributed by atoms with Gasteiger partial charge in [0.15, 0.2) is 0 Å². The van der Waals surface area contributed by atoms with Crippen LogP contribution in [0.25, 0.3) is 5.57 Å². The summed E-state index contributed by atoms with van der Waals surface area (Å²) < 4.78 is 0. The molecule has 0 radical (unpaired) electrons. The number of hydrogen-bond acceptors (Lipinski definition) is 3. The quantitative estimate of drug-likeness (QED) is 0.570. The van der Waals surface area contributed by atoms with Crippen molar-refractivity contribution in [1.29, 1.82) is 0 Å². The van der Waals surface area contributed by atoms with Gasteiger partial charge in [-0.05, 0) is 6.07 Å². The number of carbonyl (C=O) groups is 1. The van der Waals surface area contributed by atoms with Crippen LogP contribution in [0.4, 0.5) is 0 Å². The van der Waals surface area contributed by atoms with Crippen molar-refractivity contribution < 1.29 is 9.90 Å². The van der Waals surface area contributed by atoms with Gasteiger partial charge in [0.2, 0.25) is 5.88 Å². The smallest absolute Gasteiger partial charge is 0.326 e. The molecule has 17 heavy (non-hydrogen) atoms. The Hall–Kier alpha value is -2.63. The molecule has 1 aromatic heterocycles. The highest BCUT2D eigenvalue weighted by Gasteiger charge is 2.22. The molecule has 0 atom stereocenters. The second kappa shape index (κ2) is 3.18. The molecule has 3 rings (SSSR count). The number of H-pyrrole nitrogens is 2. The molecule has 6 heteroatoms. The molecule has 0 spiro atoms. The molecular weight excluding hydrogens is 222 g/mol. The fourth-order valence-corrected chi connectivity index (χ4v) is 1.86. The lowest BCUT2D eigenvalue weighted by Gasteiger charge is -1.95. The van der Waals surface area contributed by atoms with Crippen LogP contribution >= 0.6 is 0 Å². The SMILES string of the molecule is O=C1N=c2ccccc2=C1c1[nH]c(=O)[nH]c1O. The Morgan fingerprint density at radius 1 is 1.12 bits per heavy atom. The molecule has 84 valence electrons. The Morgan fingerprint density at radius 3 is 2.59 bits per heavy atom. The van der Waals surface area contributed by atoms with E-state index in [2.05, 4.69) is 15.0 Å². The van der Waals surface area contributed by atoms with Crippen LogP contribution in [0.15, 0.2) is 34.1 Å². The van der Waals surface area contributed by atoms with Crippen molar-refractivity contribution in [2.24, 2.45) is 4.99 Å². The topological polar surface area (TPSA) is 98.3 Å². The summed E-state index contributed by atoms with van der Waals surface area (Å²) in [5.74, 6) is -0.831. The molecule has 0 aliphatic carbocycles. The lowest BCUT2D eigenvalue weighted by atomic mass is 10.1. The first kappa shape index (κ1) is 9.59. The Kier molecular flexibility index (Phi) is 1.79. The molecule has 2 heterocycles. The maximum absolute atomic E-state index is 11.7. The largest absolute Gasteiger partial charge is 0.493 e. The first-order valence-corrected chi connectivity index (χ1v) is 4.91. The Labute approximate surface area is 94.0 Å². The fourth-order valence-electron chi connectivity index (χ4n) is 1.86. The van der Waals surface area contributed by atoms with Crippen LogP contribution in [0.3, 0.4) is 0 Å². The van der Waals surface area contributed by atoms with Crippen LogP contribution in [0.2, 0.25) is 0 Å². The number of nitrogens with zero attached hydrogens (tertiary/aromatic N) is 1. The van der Waals surface area contributed by atoms with E-state index in [9.17, 15) is 14.7 Å². The zero-order chi connectivity index (χ0) is 12.0. The summed E-state index contributed by atoms with van der Waals surface area (Å²) in [5.41, 5.74) is -0.285. The van der Waals surface area contributed by atoms with Crippen molar-refractivity contribution in [3.63, 3.8) is 0 Å². The maximum atomic E-state index is 11.7. The van der Waals surface area contributed by atoms with Crippen LogP contribution in [-0.2, 0) is 4.79 Å². The fraction of sp³-hybridized carbons (Fsp3) is 0. The summed E-state index contributed by atoms with van der Waals surface area (Å²) in [5, 5.41) is 10.7. The minimum absolute atomic E-state index is 0.0775. The molecule has 6 nitrogen and oxygen atoms in total. The average molecular weight is 229 g/mol. The predicted octanol–water partition coefficient (Wildman–Crippen LogP) is -1.23. The number of aromatic nitrogens is 2. The molecular formula is C11H7N3O3. The minimum atomic E-state index is -0.567. The van der Waals surface area contributed by atoms with Crippen molar-refractivity contribution >= 4 is 11.5 Å². The van der Waals surface area contributed by atoms with Gasteiger partial charge in [-0.3, -0.25) is 9.78 Å². The highest BCUT2D eigenvalue weighted by atomic mass is 16.3. The first-order chi connectivity index (χ1) is 8.16. The lowest BCUT2D eigenvalue weighted by Crippen LogP contribution is -2.22. The monoisotopic (exact) mass is 229 g/mol. The molecule has 1 aliphatic rings. The third kappa shape index (κ3) is 1.31. The molecule has 0 saturated carbocycles. The minimum Gasteiger partial charge on any atom is -0.493 e. The number of imidazole rings is 1. The summed E-state index contributed by atoms with van der Waals surface area (Å²) >= 11 is 0. The second-order valence-electron chi connectivity index (χ2n) is 3.61. The highest BCUT2D eigenvalue weighted by Crippen LogP contribution is 2.18. The summed E-state index contributed by atoms with van der Waals surface area (Å²) in [6, 6.07) is 6.93. The van der Waals surface area contributed by atoms with E-state index in [0.29, 0.717) is 10.6 Å². The van der Waals surface area contributed by atoms with Crippen molar-refractivity contribution in [3.05, 3.63) is 51.0 Å². The van der Waals surface area contributed by atoms with Gasteiger partial charge in [-0.1, -0.05) is 18.2 Å². The van der Waals surface area contributed by atoms with Gasteiger partial charge in [0, 0.05) is 5.22 Å². The third-order valence-electron chi connectivity index (χ3n) is 2.57. The van der Waals surface area contributed by atoms with Crippen molar-refractivity contribution in [1.82, 2.24) is 9.97 Å². The Balaban J connectivity index is 2.44. The number of fused-ring (bicyclic) bond motifs is 1. The summed E-state index contributed by atoms with van der Waals surface area (Å²) in [4.78, 5) is 31.2. The number of nitrogens with one attached hydrogen (secondary N) is 2. The molecule has 0 saturated heterocycles. The molecule has 1 aromatic carbocycles. The molecule has 1 amide bonds. The molecule has 0 unspecified atom stereocenters. The number of amides is 1. The number of aromatic amines is 2. The van der Waals surface area contributed by atoms with Gasteiger partial charge in [-0.2, -0.15) is 0 Å². The molecule has 1 aliphatic heterocycles. The van der Waals surface area contributed by atoms with Crippen molar-refractivity contribution in [2.45, 2.75) is 0 Å². The molecule has 0 bridgehead atoms. The molecule has 3 N–H and O–H groups in total. The summed E-state index contributed by atoms with van der Waals surface area (Å²) in [6.07, 6.45) is 0. The third-order valence-corrected chi connectivity index (χ3v) is 2.57. The second-order valence-corrected chi connectivity index (χ2v) is 3.61. The van der Waals surface area contributed by atoms with Gasteiger partial charge in [-0.25, -0.2) is 9.79 Å². The zero-order valence-electron chi connectivity index (χ0n) is 8.52. The number of aromatic hydroxyl groups is 1. The van der Waals surface area contributed by atoms with Crippen LogP contribution in [0.5, 0.6) is 5.88 Å². The van der Waals surface area contributed by atoms with E-state index in [4.69, 9.17) is 0 Å². The number of carbonyl (C=O) groups excluding carboxylic acids is 1. The normalized spacial score (nSPS) is 13.6. The van der Waals surface area contributed by atoms with Gasteiger partial charge in [-0.15, -0.1) is 0 Å². The first-order valence-electron chi connectivity index (χ1n) is 4.91. The number of hydrogen-bond donors (Lipinski definition) is 3. The van der Waals surface area contributed by atoms with Crippen molar-refractivity contribution in [3.8, 4) is 5.88 Å². The number of rotatable bonds is 1. The number of benzene rings is 1. The Bertz CT molecular complexity index is 798. The van der Waals surface area contributed by atoms with E-state index < -0.39 is 11.6 Å². The molecule has 0 fully saturated rings. The summed E-state index contributed by atoms with van der Waals surface area (Å²) in [7, 11) is 0. The lowest BCUT2D eigenvalue weighted by molar-refractivity contribution is -0.112. The van der Waals surface area contributed by atoms with Crippen LogP contribution < -0.4 is 16.3 Å². The standard InChI is InChI=1S/C11H7N3O3/c15-9-7(8-10(16)14-11(17)13-8)5-3-1-2-4-6(5)12-9/h1-4,16H,(H2,13,14,17). The number of para-hydroxylation sites is 1. The average Bonchev–Trinajstić information content (AvgIpc) is 2.77. The van der Waals surface area contributed by atoms with Gasteiger partial charge < -0.3 is 10.1 Å². The Morgan fingerprint density at radius 2 is 1.88 bits per heavy atom. The van der Waals surface area contributed by atoms with E-state index in [1.165, 1.54) is 0 Å². The van der Waals surface area contributed by atoms with Gasteiger partial charge in [0.25, 0.3) is 5.91 Å². The van der Waals surface area contributed by atoms with E-state index >= 15 is 0 Å². The van der Waals surface area contributed by atoms with E-state index in [-0.39, 0.29) is 17.1 Å². The van der Waals surface area contributed by atoms with Crippen molar-refractivity contribution in [2.75, 3.05) is 0 Å². The predicted molar refractivity (Wildman–Crippen MR) is 57.8 cm³/mol. The zero-order valence-corrected chi connectivity index (χ0v) is 8.52. The van der Waals surface area contributed by atoms with Gasteiger partial charge >= 0.3 is 5.69 Å². The van der Waals surface area contributed by atoms with Crippen LogP contribution in [-0.4, -0.2) is 21.0 Å². The molecule has 2 aromatic rings. The van der Waals surface area contributed by atoms with Crippen LogP contribution in [0.1, 0.15) is 5.69 Å². The van der Waals surface area contributed by atoms with E-state index in [0.717, 1.165) is 0 Å². The van der Waals surface area contributed by atoms with E-state index in [1.54, 1.807) is 24.3 Å². The summed E-state index contributed by atoms with van der Waals surface area (Å²) in [6.45, 7) is 0. The van der Waals surface area contributed by atoms with Crippen LogP contribution in [0, 0.1) is 0 Å². The van der Waals surface area contributed by atoms with Gasteiger partial charge in [0.1, 0.15) is 5.69 Å².